The van der Waals surface area contributed by atoms with Crippen molar-refractivity contribution in [1.82, 2.24) is 4.57 Å². The summed E-state index contributed by atoms with van der Waals surface area (Å²) in [4.78, 5) is 2.48. The highest BCUT2D eigenvalue weighted by Gasteiger charge is 2.51. The number of hydrogen-bond acceptors (Lipinski definition) is 2. The van der Waals surface area contributed by atoms with Crippen LogP contribution in [0.25, 0.3) is 69.9 Å². The Morgan fingerprint density at radius 1 is 0.414 bits per heavy atom. The molecular formula is C55H34N2S. The van der Waals surface area contributed by atoms with Gasteiger partial charge in [-0.25, -0.2) is 0 Å². The minimum Gasteiger partial charge on any atom is -0.309 e. The highest BCUT2D eigenvalue weighted by molar-refractivity contribution is 7.26. The van der Waals surface area contributed by atoms with Gasteiger partial charge in [0.05, 0.1) is 38.2 Å². The molecule has 0 saturated heterocycles. The second kappa shape index (κ2) is 11.9. The molecule has 0 atom stereocenters. The van der Waals surface area contributed by atoms with Crippen molar-refractivity contribution in [1.29, 1.82) is 0 Å². The summed E-state index contributed by atoms with van der Waals surface area (Å²) in [7, 11) is 0. The molecular weight excluding hydrogens is 721 g/mol. The molecule has 0 bridgehead atoms. The third-order valence-electron chi connectivity index (χ3n) is 12.8. The van der Waals surface area contributed by atoms with Crippen molar-refractivity contribution in [3.05, 3.63) is 229 Å². The summed E-state index contributed by atoms with van der Waals surface area (Å²) in [6, 6.07) is 76.8. The first-order valence-electron chi connectivity index (χ1n) is 20.0. The maximum Gasteiger partial charge on any atom is 0.0754 e. The summed E-state index contributed by atoms with van der Waals surface area (Å²) in [5.74, 6) is 0. The van der Waals surface area contributed by atoms with Crippen LogP contribution in [0.1, 0.15) is 22.3 Å². The van der Waals surface area contributed by atoms with Crippen LogP contribution in [0.15, 0.2) is 206 Å². The van der Waals surface area contributed by atoms with Gasteiger partial charge in [-0.15, -0.1) is 11.3 Å². The lowest BCUT2D eigenvalue weighted by atomic mass is 9.65. The average Bonchev–Trinajstić information content (AvgIpc) is 3.94. The van der Waals surface area contributed by atoms with Crippen molar-refractivity contribution < 1.29 is 0 Å². The molecule has 1 aliphatic heterocycles. The van der Waals surface area contributed by atoms with Gasteiger partial charge in [0.25, 0.3) is 0 Å². The number of benzene rings is 9. The Hall–Kier alpha value is -7.20. The lowest BCUT2D eigenvalue weighted by Crippen LogP contribution is -2.33. The Kier molecular flexibility index (Phi) is 6.56. The molecule has 2 aliphatic rings. The zero-order chi connectivity index (χ0) is 38.0. The van der Waals surface area contributed by atoms with Crippen molar-refractivity contribution in [3.8, 4) is 27.9 Å². The number of fused-ring (bicyclic) bond motifs is 15. The van der Waals surface area contributed by atoms with Crippen LogP contribution >= 0.6 is 11.3 Å². The predicted octanol–water partition coefficient (Wildman–Crippen LogP) is 15.0. The highest BCUT2D eigenvalue weighted by atomic mass is 32.1. The fourth-order valence-corrected chi connectivity index (χ4v) is 11.7. The molecule has 9 aromatic carbocycles. The molecule has 58 heavy (non-hydrogen) atoms. The Morgan fingerprint density at radius 2 is 1.02 bits per heavy atom. The molecule has 270 valence electrons. The minimum absolute atomic E-state index is 0.515. The van der Waals surface area contributed by atoms with Gasteiger partial charge in [-0.05, 0) is 93.5 Å². The molecule has 3 heterocycles. The molecule has 0 fully saturated rings. The van der Waals surface area contributed by atoms with E-state index in [-0.39, 0.29) is 0 Å². The monoisotopic (exact) mass is 754 g/mol. The van der Waals surface area contributed by atoms with Crippen molar-refractivity contribution in [2.24, 2.45) is 0 Å². The van der Waals surface area contributed by atoms with Gasteiger partial charge in [0.1, 0.15) is 0 Å². The highest BCUT2D eigenvalue weighted by Crippen LogP contribution is 2.61. The average molecular weight is 755 g/mol. The summed E-state index contributed by atoms with van der Waals surface area (Å²) in [5, 5.41) is 5.12. The zero-order valence-corrected chi connectivity index (χ0v) is 32.2. The number of aromatic nitrogens is 1. The van der Waals surface area contributed by atoms with Crippen LogP contribution in [-0.2, 0) is 5.41 Å². The smallest absolute Gasteiger partial charge is 0.0754 e. The Bertz CT molecular complexity index is 3430. The van der Waals surface area contributed by atoms with E-state index in [0.717, 1.165) is 11.4 Å². The van der Waals surface area contributed by atoms with Crippen LogP contribution in [0.5, 0.6) is 0 Å². The SMILES string of the molecule is c1ccc(N(c2ccccc2-c2cc3c4c(c2)c2ccccc2n4-c2ccccc2C32c3ccccc3-c3ccccc32)c2cccc3c2sc2ccccc23)cc1. The summed E-state index contributed by atoms with van der Waals surface area (Å²) >= 11 is 1.88. The van der Waals surface area contributed by atoms with Gasteiger partial charge < -0.3 is 9.47 Å². The van der Waals surface area contributed by atoms with E-state index in [9.17, 15) is 0 Å². The molecule has 0 saturated carbocycles. The Morgan fingerprint density at radius 3 is 1.83 bits per heavy atom. The van der Waals surface area contributed by atoms with E-state index >= 15 is 0 Å². The first-order chi connectivity index (χ1) is 28.8. The predicted molar refractivity (Wildman–Crippen MR) is 245 cm³/mol. The van der Waals surface area contributed by atoms with Crippen LogP contribution in [-0.4, -0.2) is 4.57 Å². The Labute approximate surface area is 340 Å². The van der Waals surface area contributed by atoms with Gasteiger partial charge in [-0.3, -0.25) is 0 Å². The lowest BCUT2D eigenvalue weighted by molar-refractivity contribution is 0.749. The maximum atomic E-state index is 2.54. The molecule has 3 heteroatoms. The zero-order valence-electron chi connectivity index (χ0n) is 31.4. The second-order valence-electron chi connectivity index (χ2n) is 15.6. The quantitative estimate of drug-likeness (QED) is 0.174. The number of hydrogen-bond donors (Lipinski definition) is 0. The van der Waals surface area contributed by atoms with Crippen LogP contribution in [0.3, 0.4) is 0 Å². The van der Waals surface area contributed by atoms with Crippen LogP contribution in [0.4, 0.5) is 17.1 Å². The summed E-state index contributed by atoms with van der Waals surface area (Å²) in [6.45, 7) is 0. The van der Waals surface area contributed by atoms with Crippen LogP contribution in [0, 0.1) is 0 Å². The third-order valence-corrected chi connectivity index (χ3v) is 14.0. The maximum absolute atomic E-state index is 2.54. The fraction of sp³-hybridized carbons (Fsp3) is 0.0182. The third kappa shape index (κ3) is 4.11. The van der Waals surface area contributed by atoms with Crippen molar-refractivity contribution in [2.45, 2.75) is 5.41 Å². The molecule has 13 rings (SSSR count). The van der Waals surface area contributed by atoms with Gasteiger partial charge in [-0.2, -0.15) is 0 Å². The molecule has 0 N–H and O–H groups in total. The number of nitrogens with zero attached hydrogens (tertiary/aromatic N) is 2. The molecule has 0 unspecified atom stereocenters. The van der Waals surface area contributed by atoms with Crippen molar-refractivity contribution in [2.75, 3.05) is 4.90 Å². The summed E-state index contributed by atoms with van der Waals surface area (Å²) < 4.78 is 5.12. The number of anilines is 3. The standard InChI is InChI=1S/C55H34N2S/c1-2-17-36(18-3-1)56(51-31-16-24-42-41-23-8-15-32-52(41)58-54(42)51)48-28-12-6-19-37(48)35-33-43-40-22-7-13-29-49(40)57-50-30-14-11-27-46(50)55(47(34-35)53(43)57)44-25-9-4-20-38(44)39-21-5-10-26-45(39)55/h1-34H. The molecule has 0 radical (unpaired) electrons. The molecule has 2 aromatic heterocycles. The van der Waals surface area contributed by atoms with E-state index < -0.39 is 5.41 Å². The van der Waals surface area contributed by atoms with E-state index in [4.69, 9.17) is 0 Å². The fourth-order valence-electron chi connectivity index (χ4n) is 10.5. The van der Waals surface area contributed by atoms with Gasteiger partial charge in [0.2, 0.25) is 0 Å². The number of rotatable bonds is 4. The molecule has 1 spiro atoms. The van der Waals surface area contributed by atoms with Crippen molar-refractivity contribution >= 4 is 70.4 Å². The molecule has 2 nitrogen and oxygen atoms in total. The van der Waals surface area contributed by atoms with Gasteiger partial charge in [0.15, 0.2) is 0 Å². The lowest BCUT2D eigenvalue weighted by Gasteiger charge is -2.40. The Balaban J connectivity index is 1.16. The molecule has 11 aromatic rings. The van der Waals surface area contributed by atoms with E-state index in [2.05, 4.69) is 216 Å². The number of para-hydroxylation sites is 4. The first kappa shape index (κ1) is 31.9. The number of thiophene rings is 1. The van der Waals surface area contributed by atoms with Crippen LogP contribution in [0.2, 0.25) is 0 Å². The van der Waals surface area contributed by atoms with Gasteiger partial charge in [0, 0.05) is 37.5 Å². The van der Waals surface area contributed by atoms with E-state index in [1.807, 2.05) is 11.3 Å². The largest absolute Gasteiger partial charge is 0.309 e. The van der Waals surface area contributed by atoms with Crippen molar-refractivity contribution in [3.63, 3.8) is 0 Å². The summed E-state index contributed by atoms with van der Waals surface area (Å²) in [5.41, 5.74) is 17.0. The summed E-state index contributed by atoms with van der Waals surface area (Å²) in [6.07, 6.45) is 0. The van der Waals surface area contributed by atoms with E-state index in [1.165, 1.54) is 97.9 Å². The van der Waals surface area contributed by atoms with E-state index in [1.54, 1.807) is 0 Å². The van der Waals surface area contributed by atoms with Crippen LogP contribution < -0.4 is 4.90 Å². The van der Waals surface area contributed by atoms with Gasteiger partial charge in [-0.1, -0.05) is 152 Å². The molecule has 1 aliphatic carbocycles. The van der Waals surface area contributed by atoms with E-state index in [0.29, 0.717) is 0 Å². The topological polar surface area (TPSA) is 8.17 Å². The second-order valence-corrected chi connectivity index (χ2v) is 16.6. The first-order valence-corrected chi connectivity index (χ1v) is 20.8. The normalized spacial score (nSPS) is 13.3. The van der Waals surface area contributed by atoms with Gasteiger partial charge >= 0.3 is 0 Å². The minimum atomic E-state index is -0.515. The molecule has 0 amide bonds.